The highest BCUT2D eigenvalue weighted by Gasteiger charge is 2.13. The minimum Gasteiger partial charge on any atom is -0.300 e. The average Bonchev–Trinajstić information content (AvgIpc) is 2.45. The molecule has 0 unspecified atom stereocenters. The summed E-state index contributed by atoms with van der Waals surface area (Å²) in [5, 5.41) is 8.51. The second-order valence-corrected chi connectivity index (χ2v) is 6.40. The number of benzene rings is 1. The van der Waals surface area contributed by atoms with Crippen molar-refractivity contribution in [1.29, 1.82) is 5.41 Å². The Morgan fingerprint density at radius 3 is 2.45 bits per heavy atom. The van der Waals surface area contributed by atoms with Gasteiger partial charge in [-0.15, -0.1) is 0 Å². The van der Waals surface area contributed by atoms with Crippen LogP contribution in [0.15, 0.2) is 54.2 Å². The lowest BCUT2D eigenvalue weighted by Gasteiger charge is -2.16. The highest BCUT2D eigenvalue weighted by atomic mass is 14.4. The average molecular weight is 295 g/mol. The van der Waals surface area contributed by atoms with E-state index in [1.165, 1.54) is 16.7 Å². The molecule has 0 aliphatic rings. The number of hydrogen-bond donors (Lipinski definition) is 1. The Hall–Kier alpha value is -1.89. The van der Waals surface area contributed by atoms with Gasteiger partial charge in [0.1, 0.15) is 0 Å². The maximum Gasteiger partial charge on any atom is 0.0644 e. The molecule has 0 aromatic heterocycles. The van der Waals surface area contributed by atoms with Crippen molar-refractivity contribution in [2.45, 2.75) is 53.4 Å². The van der Waals surface area contributed by atoms with Crippen LogP contribution >= 0.6 is 0 Å². The summed E-state index contributed by atoms with van der Waals surface area (Å²) in [5.74, 6) is 0.402. The molecule has 0 aliphatic carbocycles. The maximum absolute atomic E-state index is 8.51. The van der Waals surface area contributed by atoms with Crippen LogP contribution in [-0.4, -0.2) is 5.71 Å². The smallest absolute Gasteiger partial charge is 0.0644 e. The summed E-state index contributed by atoms with van der Waals surface area (Å²) >= 11 is 0. The summed E-state index contributed by atoms with van der Waals surface area (Å²) in [7, 11) is 0. The molecule has 118 valence electrons. The molecule has 1 heteroatoms. The van der Waals surface area contributed by atoms with Crippen molar-refractivity contribution in [2.24, 2.45) is 0 Å². The second kappa shape index (κ2) is 7.93. The highest BCUT2D eigenvalue weighted by Crippen LogP contribution is 2.25. The molecule has 0 radical (unpaired) electrons. The predicted molar refractivity (Wildman–Crippen MR) is 99.0 cm³/mol. The van der Waals surface area contributed by atoms with Gasteiger partial charge in [0.25, 0.3) is 0 Å². The summed E-state index contributed by atoms with van der Waals surface area (Å²) in [5.41, 5.74) is 7.22. The Morgan fingerprint density at radius 2 is 1.91 bits per heavy atom. The first-order chi connectivity index (χ1) is 10.3. The molecule has 0 bridgehead atoms. The van der Waals surface area contributed by atoms with Gasteiger partial charge in [0, 0.05) is 5.56 Å². The van der Waals surface area contributed by atoms with E-state index in [1.54, 1.807) is 0 Å². The lowest BCUT2D eigenvalue weighted by molar-refractivity contribution is 0.861. The van der Waals surface area contributed by atoms with Gasteiger partial charge in [-0.1, -0.05) is 74.9 Å². The van der Waals surface area contributed by atoms with Crippen LogP contribution in [0.3, 0.4) is 0 Å². The van der Waals surface area contributed by atoms with Crippen LogP contribution in [0.4, 0.5) is 0 Å². The molecule has 0 aliphatic heterocycles. The fraction of sp³-hybridized carbons (Fsp3) is 0.381. The van der Waals surface area contributed by atoms with Crippen molar-refractivity contribution in [3.63, 3.8) is 0 Å². The van der Waals surface area contributed by atoms with Crippen LogP contribution in [0.5, 0.6) is 0 Å². The Kier molecular flexibility index (Phi) is 6.55. The van der Waals surface area contributed by atoms with E-state index >= 15 is 0 Å². The number of allylic oxidation sites excluding steroid dienone is 4. The van der Waals surface area contributed by atoms with Crippen LogP contribution < -0.4 is 0 Å². The lowest BCUT2D eigenvalue weighted by atomic mass is 9.89. The van der Waals surface area contributed by atoms with Crippen LogP contribution in [0.1, 0.15) is 63.1 Å². The first kappa shape index (κ1) is 18.2. The van der Waals surface area contributed by atoms with E-state index in [-0.39, 0.29) is 0 Å². The third-order valence-electron chi connectivity index (χ3n) is 3.85. The maximum atomic E-state index is 8.51. The Balaban J connectivity index is 2.99. The Labute approximate surface area is 136 Å². The number of nitrogens with one attached hydrogen (secondary N) is 1. The standard InChI is InChI=1S/C21H29N/c1-8-15(4)11-17(6)12-18(7)21(22)19-10-9-16(5)13-20(19)14(2)3/h9-11,13-14,22H,4,7-8,12H2,1-3,5-6H3/b17-11+,22-21?. The van der Waals surface area contributed by atoms with Gasteiger partial charge >= 0.3 is 0 Å². The van der Waals surface area contributed by atoms with Crippen LogP contribution in [0.25, 0.3) is 0 Å². The first-order valence-electron chi connectivity index (χ1n) is 7.98. The van der Waals surface area contributed by atoms with Crippen LogP contribution in [-0.2, 0) is 0 Å². The molecule has 1 aromatic carbocycles. The second-order valence-electron chi connectivity index (χ2n) is 6.40. The van der Waals surface area contributed by atoms with Gasteiger partial charge in [0.2, 0.25) is 0 Å². The third kappa shape index (κ3) is 4.84. The fourth-order valence-corrected chi connectivity index (χ4v) is 2.50. The summed E-state index contributed by atoms with van der Waals surface area (Å²) in [6, 6.07) is 6.32. The largest absolute Gasteiger partial charge is 0.300 e. The van der Waals surface area contributed by atoms with Crippen molar-refractivity contribution in [3.05, 3.63) is 70.8 Å². The van der Waals surface area contributed by atoms with Crippen LogP contribution in [0.2, 0.25) is 0 Å². The van der Waals surface area contributed by atoms with E-state index in [1.807, 2.05) is 0 Å². The summed E-state index contributed by atoms with van der Waals surface area (Å²) in [6.07, 6.45) is 3.79. The molecular formula is C21H29N. The molecule has 1 aromatic rings. The van der Waals surface area contributed by atoms with Gasteiger partial charge in [-0.2, -0.15) is 0 Å². The van der Waals surface area contributed by atoms with Crippen molar-refractivity contribution in [2.75, 3.05) is 0 Å². The van der Waals surface area contributed by atoms with Crippen molar-refractivity contribution < 1.29 is 0 Å². The monoisotopic (exact) mass is 295 g/mol. The minimum atomic E-state index is 0.402. The molecule has 22 heavy (non-hydrogen) atoms. The van der Waals surface area contributed by atoms with E-state index in [0.717, 1.165) is 29.6 Å². The molecule has 0 heterocycles. The molecule has 1 rings (SSSR count). The number of rotatable bonds is 7. The SMILES string of the molecule is C=C(/C=C(\C)CC(=C)C(=N)c1ccc(C)cc1C(C)C)CC. The molecule has 0 saturated heterocycles. The van der Waals surface area contributed by atoms with Crippen LogP contribution in [0, 0.1) is 12.3 Å². The van der Waals surface area contributed by atoms with Gasteiger partial charge in [0.05, 0.1) is 5.71 Å². The lowest BCUT2D eigenvalue weighted by Crippen LogP contribution is -2.08. The van der Waals surface area contributed by atoms with E-state index in [2.05, 4.69) is 72.1 Å². The Morgan fingerprint density at radius 1 is 1.27 bits per heavy atom. The molecule has 0 fully saturated rings. The normalized spacial score (nSPS) is 11.6. The van der Waals surface area contributed by atoms with E-state index in [0.29, 0.717) is 11.6 Å². The number of aryl methyl sites for hydroxylation is 1. The van der Waals surface area contributed by atoms with E-state index in [9.17, 15) is 0 Å². The zero-order valence-electron chi connectivity index (χ0n) is 14.7. The molecule has 1 N–H and O–H groups in total. The quantitative estimate of drug-likeness (QED) is 0.448. The van der Waals surface area contributed by atoms with E-state index < -0.39 is 0 Å². The Bertz CT molecular complexity index is 615. The van der Waals surface area contributed by atoms with Gasteiger partial charge in [-0.3, -0.25) is 5.41 Å². The zero-order chi connectivity index (χ0) is 16.9. The van der Waals surface area contributed by atoms with Crippen molar-refractivity contribution in [1.82, 2.24) is 0 Å². The van der Waals surface area contributed by atoms with Gasteiger partial charge in [0.15, 0.2) is 0 Å². The summed E-state index contributed by atoms with van der Waals surface area (Å²) in [6.45, 7) is 18.8. The van der Waals surface area contributed by atoms with Crippen molar-refractivity contribution in [3.8, 4) is 0 Å². The van der Waals surface area contributed by atoms with E-state index in [4.69, 9.17) is 5.41 Å². The minimum absolute atomic E-state index is 0.402. The summed E-state index contributed by atoms with van der Waals surface area (Å²) in [4.78, 5) is 0. The zero-order valence-corrected chi connectivity index (χ0v) is 14.7. The summed E-state index contributed by atoms with van der Waals surface area (Å²) < 4.78 is 0. The van der Waals surface area contributed by atoms with Gasteiger partial charge in [-0.25, -0.2) is 0 Å². The number of hydrogen-bond acceptors (Lipinski definition) is 1. The van der Waals surface area contributed by atoms with Crippen molar-refractivity contribution >= 4 is 5.71 Å². The first-order valence-corrected chi connectivity index (χ1v) is 7.98. The topological polar surface area (TPSA) is 23.9 Å². The highest BCUT2D eigenvalue weighted by molar-refractivity contribution is 6.11. The molecule has 1 nitrogen and oxygen atoms in total. The van der Waals surface area contributed by atoms with Gasteiger partial charge < -0.3 is 0 Å². The molecule has 0 amide bonds. The van der Waals surface area contributed by atoms with Gasteiger partial charge in [-0.05, 0) is 43.7 Å². The third-order valence-corrected chi connectivity index (χ3v) is 3.85. The molecule has 0 saturated carbocycles. The molecule has 0 spiro atoms. The predicted octanol–water partition coefficient (Wildman–Crippen LogP) is 6.35. The fourth-order valence-electron chi connectivity index (χ4n) is 2.50. The molecule has 0 atom stereocenters. The molecular weight excluding hydrogens is 266 g/mol.